The molecule has 2 saturated heterocycles. The third kappa shape index (κ3) is 5.74. The van der Waals surface area contributed by atoms with E-state index in [2.05, 4.69) is 0 Å². The largest absolute Gasteiger partial charge is 0.491 e. The van der Waals surface area contributed by atoms with Gasteiger partial charge >= 0.3 is 5.97 Å². The minimum Gasteiger partial charge on any atom is -0.491 e. The molecule has 4 aliphatic rings. The van der Waals surface area contributed by atoms with E-state index in [1.54, 1.807) is 30.3 Å². The minimum atomic E-state index is -1.44. The molecule has 0 bridgehead atoms. The Labute approximate surface area is 300 Å². The molecule has 10 nitrogen and oxygen atoms in total. The molecule has 0 aromatic heterocycles. The first kappa shape index (κ1) is 34.6. The summed E-state index contributed by atoms with van der Waals surface area (Å²) in [5, 5.41) is 19.1. The lowest BCUT2D eigenvalue weighted by Gasteiger charge is -2.51. The summed E-state index contributed by atoms with van der Waals surface area (Å²) in [4.78, 5) is 71.9. The summed E-state index contributed by atoms with van der Waals surface area (Å²) in [6.45, 7) is -0.0250. The van der Waals surface area contributed by atoms with Gasteiger partial charge in [-0.05, 0) is 61.4 Å². The maximum absolute atomic E-state index is 15.4. The van der Waals surface area contributed by atoms with Gasteiger partial charge in [-0.3, -0.25) is 28.9 Å². The van der Waals surface area contributed by atoms with Crippen molar-refractivity contribution in [2.75, 3.05) is 24.7 Å². The predicted molar refractivity (Wildman–Crippen MR) is 188 cm³/mol. The highest BCUT2D eigenvalue weighted by Gasteiger charge is 2.70. The summed E-state index contributed by atoms with van der Waals surface area (Å²) in [5.41, 5.74) is 1.02. The number of halogens is 1. The topological polar surface area (TPSA) is 142 Å². The Hall–Kier alpha value is -4.80. The molecule has 11 heteroatoms. The van der Waals surface area contributed by atoms with Gasteiger partial charge in [-0.15, -0.1) is 0 Å². The number of carboxylic acid groups (broad SMARTS) is 1. The number of ether oxygens (including phenoxy) is 1. The van der Waals surface area contributed by atoms with Crippen LogP contribution in [0.1, 0.15) is 55.6 Å². The van der Waals surface area contributed by atoms with Crippen LogP contribution >= 0.6 is 11.6 Å². The van der Waals surface area contributed by atoms with Crippen molar-refractivity contribution in [3.63, 3.8) is 0 Å². The number of amides is 4. The Morgan fingerprint density at radius 3 is 2.39 bits per heavy atom. The Bertz CT molecular complexity index is 1910. The van der Waals surface area contributed by atoms with Crippen molar-refractivity contribution in [2.24, 2.45) is 23.7 Å². The number of imide groups is 2. The van der Waals surface area contributed by atoms with Crippen LogP contribution in [0, 0.1) is 23.7 Å². The second kappa shape index (κ2) is 14.1. The number of aliphatic hydroxyl groups is 1. The molecule has 6 atom stereocenters. The lowest BCUT2D eigenvalue weighted by molar-refractivity contribution is -0.141. The van der Waals surface area contributed by atoms with E-state index in [4.69, 9.17) is 21.4 Å². The number of aliphatic carboxylic acids is 1. The third-order valence-corrected chi connectivity index (χ3v) is 11.3. The van der Waals surface area contributed by atoms with E-state index in [9.17, 15) is 24.3 Å². The molecule has 0 spiro atoms. The normalized spacial score (nSPS) is 26.9. The Morgan fingerprint density at radius 2 is 1.65 bits per heavy atom. The number of benzene rings is 3. The number of para-hydroxylation sites is 1. The average molecular weight is 711 g/mol. The van der Waals surface area contributed by atoms with Crippen LogP contribution in [0.15, 0.2) is 90.5 Å². The zero-order valence-corrected chi connectivity index (χ0v) is 28.7. The van der Waals surface area contributed by atoms with Gasteiger partial charge in [-0.2, -0.15) is 0 Å². The van der Waals surface area contributed by atoms with E-state index in [-0.39, 0.29) is 44.4 Å². The molecule has 2 aliphatic heterocycles. The van der Waals surface area contributed by atoms with Crippen molar-refractivity contribution in [2.45, 2.75) is 49.9 Å². The fraction of sp³-hybridized carbons (Fsp3) is 0.375. The van der Waals surface area contributed by atoms with Gasteiger partial charge in [-0.25, -0.2) is 4.90 Å². The lowest BCUT2D eigenvalue weighted by Crippen LogP contribution is -2.53. The fourth-order valence-electron chi connectivity index (χ4n) is 9.10. The maximum Gasteiger partial charge on any atom is 0.303 e. The molecule has 3 fully saturated rings. The Balaban J connectivity index is 1.38. The highest BCUT2D eigenvalue weighted by atomic mass is 35.5. The molecule has 3 aromatic carbocycles. The summed E-state index contributed by atoms with van der Waals surface area (Å²) >= 11 is 6.39. The standard InChI is InChI=1S/C40H39ClN2O8/c41-25-12-9-13-26(22-25)43-37(48)31-23-30-27(17-18-29-34(30)38(49)42(36(29)47)19-8-2-5-16-33(45)46)35(28-14-6-7-15-32(28)51-21-20-44)40(31,39(43)50)24-10-3-1-4-11-24/h1,3-4,6-7,9-15,17,22,29-31,34-35,44H,2,5,8,16,18-21,23H2,(H,45,46)/t29-,30+,31-,34-,35+,40+/m0/s1. The molecule has 2 aliphatic carbocycles. The van der Waals surface area contributed by atoms with Gasteiger partial charge in [-0.1, -0.05) is 84.3 Å². The lowest BCUT2D eigenvalue weighted by atomic mass is 9.49. The number of unbranched alkanes of at least 4 members (excludes halogenated alkanes) is 2. The molecule has 4 amide bonds. The van der Waals surface area contributed by atoms with Gasteiger partial charge in [0.1, 0.15) is 12.4 Å². The molecular weight excluding hydrogens is 672 g/mol. The number of fused-ring (bicyclic) bond motifs is 4. The van der Waals surface area contributed by atoms with Crippen LogP contribution in [0.4, 0.5) is 5.69 Å². The number of nitrogens with zero attached hydrogens (tertiary/aromatic N) is 2. The van der Waals surface area contributed by atoms with Gasteiger partial charge in [0.05, 0.1) is 35.5 Å². The monoisotopic (exact) mass is 710 g/mol. The number of allylic oxidation sites excluding steroid dienone is 2. The van der Waals surface area contributed by atoms with Gasteiger partial charge in [0.15, 0.2) is 0 Å². The number of anilines is 1. The van der Waals surface area contributed by atoms with Crippen molar-refractivity contribution in [3.05, 3.63) is 107 Å². The number of hydrogen-bond donors (Lipinski definition) is 2. The van der Waals surface area contributed by atoms with E-state index in [0.717, 1.165) is 5.57 Å². The highest BCUT2D eigenvalue weighted by Crippen LogP contribution is 2.65. The summed E-state index contributed by atoms with van der Waals surface area (Å²) < 4.78 is 6.09. The molecule has 7 rings (SSSR count). The first-order chi connectivity index (χ1) is 24.7. The van der Waals surface area contributed by atoms with E-state index in [1.165, 1.54) is 9.80 Å². The zero-order valence-electron chi connectivity index (χ0n) is 27.9. The van der Waals surface area contributed by atoms with Crippen molar-refractivity contribution >= 4 is 46.9 Å². The third-order valence-electron chi connectivity index (χ3n) is 11.1. The number of carboxylic acids is 1. The van der Waals surface area contributed by atoms with Crippen molar-refractivity contribution in [1.29, 1.82) is 0 Å². The van der Waals surface area contributed by atoms with Crippen molar-refractivity contribution in [3.8, 4) is 5.75 Å². The van der Waals surface area contributed by atoms with E-state index >= 15 is 4.79 Å². The average Bonchev–Trinajstić information content (AvgIpc) is 3.51. The number of carbonyl (C=O) groups excluding carboxylic acids is 4. The molecule has 0 radical (unpaired) electrons. The molecule has 1 saturated carbocycles. The van der Waals surface area contributed by atoms with Crippen LogP contribution in [0.2, 0.25) is 5.02 Å². The highest BCUT2D eigenvalue weighted by molar-refractivity contribution is 6.32. The minimum absolute atomic E-state index is 0.00853. The summed E-state index contributed by atoms with van der Waals surface area (Å²) in [7, 11) is 0. The van der Waals surface area contributed by atoms with Crippen molar-refractivity contribution in [1.82, 2.24) is 4.90 Å². The maximum atomic E-state index is 15.4. The molecule has 51 heavy (non-hydrogen) atoms. The van der Waals surface area contributed by atoms with Gasteiger partial charge in [0.2, 0.25) is 23.6 Å². The molecule has 2 heterocycles. The van der Waals surface area contributed by atoms with Crippen LogP contribution in [0.5, 0.6) is 5.75 Å². The molecule has 2 N–H and O–H groups in total. The fourth-order valence-corrected chi connectivity index (χ4v) is 9.29. The SMILES string of the molecule is O=C(O)CCCCCN1C(=O)[C@H]2[C@H](CC=C3[C@H]2C[C@H]2C(=O)N(c4cccc(Cl)c4)C(=O)[C@@]2(c2ccccc2)[C@H]3c2ccccc2OCCO)C1=O. The molecule has 264 valence electrons. The summed E-state index contributed by atoms with van der Waals surface area (Å²) in [6.07, 6.45) is 4.01. The number of aliphatic hydroxyl groups excluding tert-OH is 1. The van der Waals surface area contributed by atoms with E-state index < -0.39 is 52.8 Å². The number of likely N-dealkylation sites (tertiary alicyclic amines) is 1. The quantitative estimate of drug-likeness (QED) is 0.142. The Kier molecular flexibility index (Phi) is 9.56. The van der Waals surface area contributed by atoms with Crippen LogP contribution in [0.3, 0.4) is 0 Å². The Morgan fingerprint density at radius 1 is 0.882 bits per heavy atom. The first-order valence-corrected chi connectivity index (χ1v) is 17.9. The van der Waals surface area contributed by atoms with E-state index in [1.807, 2.05) is 54.6 Å². The second-order valence-corrected chi connectivity index (χ2v) is 14.2. The number of carbonyl (C=O) groups is 5. The van der Waals surface area contributed by atoms with Crippen LogP contribution in [-0.4, -0.2) is 64.5 Å². The number of hydrogen-bond acceptors (Lipinski definition) is 7. The number of rotatable bonds is 12. The van der Waals surface area contributed by atoms with Gasteiger partial charge in [0.25, 0.3) is 0 Å². The first-order valence-electron chi connectivity index (χ1n) is 17.5. The molecular formula is C40H39ClN2O8. The molecule has 0 unspecified atom stereocenters. The summed E-state index contributed by atoms with van der Waals surface area (Å²) in [6, 6.07) is 23.2. The smallest absolute Gasteiger partial charge is 0.303 e. The van der Waals surface area contributed by atoms with Crippen LogP contribution < -0.4 is 9.64 Å². The van der Waals surface area contributed by atoms with E-state index in [0.29, 0.717) is 53.3 Å². The predicted octanol–water partition coefficient (Wildman–Crippen LogP) is 5.52. The zero-order chi connectivity index (χ0) is 35.9. The second-order valence-electron chi connectivity index (χ2n) is 13.7. The molecule has 3 aromatic rings. The van der Waals surface area contributed by atoms with Crippen LogP contribution in [0.25, 0.3) is 0 Å². The van der Waals surface area contributed by atoms with Crippen LogP contribution in [-0.2, 0) is 29.4 Å². The summed E-state index contributed by atoms with van der Waals surface area (Å²) in [5.74, 6) is -5.31. The van der Waals surface area contributed by atoms with Gasteiger partial charge < -0.3 is 14.9 Å². The van der Waals surface area contributed by atoms with Gasteiger partial charge in [0, 0.05) is 29.5 Å². The van der Waals surface area contributed by atoms with Crippen molar-refractivity contribution < 1.29 is 38.9 Å².